The quantitative estimate of drug-likeness (QED) is 0.878. The summed E-state index contributed by atoms with van der Waals surface area (Å²) in [4.78, 5) is 30.0. The second kappa shape index (κ2) is 7.25. The van der Waals surface area contributed by atoms with Crippen LogP contribution in [0.25, 0.3) is 0 Å². The van der Waals surface area contributed by atoms with Gasteiger partial charge in [-0.1, -0.05) is 0 Å². The third-order valence-corrected chi connectivity index (χ3v) is 4.45. The summed E-state index contributed by atoms with van der Waals surface area (Å²) in [6, 6.07) is 11.0. The third kappa shape index (κ3) is 3.79. The van der Waals surface area contributed by atoms with Crippen LogP contribution in [0, 0.1) is 5.92 Å². The fourth-order valence-electron chi connectivity index (χ4n) is 2.99. The SMILES string of the molecule is CC(=O)c1ccc(NC(=O)C2CCN(c3ccncc3)CC2)cc1. The number of carbonyl (C=O) groups is 2. The molecule has 2 heterocycles. The zero-order valence-electron chi connectivity index (χ0n) is 13.7. The van der Waals surface area contributed by atoms with Gasteiger partial charge in [0.05, 0.1) is 0 Å². The van der Waals surface area contributed by atoms with Crippen molar-refractivity contribution >= 4 is 23.1 Å². The van der Waals surface area contributed by atoms with E-state index in [-0.39, 0.29) is 17.6 Å². The number of amides is 1. The molecule has 24 heavy (non-hydrogen) atoms. The number of nitrogens with one attached hydrogen (secondary N) is 1. The van der Waals surface area contributed by atoms with Gasteiger partial charge in [-0.05, 0) is 56.2 Å². The number of hydrogen-bond donors (Lipinski definition) is 1. The highest BCUT2D eigenvalue weighted by Gasteiger charge is 2.25. The molecule has 0 aliphatic carbocycles. The Kier molecular flexibility index (Phi) is 4.89. The van der Waals surface area contributed by atoms with Gasteiger partial charge in [0.15, 0.2) is 5.78 Å². The molecule has 1 saturated heterocycles. The number of ketones is 1. The summed E-state index contributed by atoms with van der Waals surface area (Å²) >= 11 is 0. The maximum absolute atomic E-state index is 12.4. The van der Waals surface area contributed by atoms with Gasteiger partial charge in [-0.3, -0.25) is 14.6 Å². The van der Waals surface area contributed by atoms with E-state index in [0.29, 0.717) is 5.56 Å². The Hall–Kier alpha value is -2.69. The number of nitrogens with zero attached hydrogens (tertiary/aromatic N) is 2. The molecule has 3 rings (SSSR count). The second-order valence-corrected chi connectivity index (χ2v) is 6.09. The Morgan fingerprint density at radius 1 is 1.04 bits per heavy atom. The molecule has 0 spiro atoms. The monoisotopic (exact) mass is 323 g/mol. The van der Waals surface area contributed by atoms with E-state index >= 15 is 0 Å². The van der Waals surface area contributed by atoms with Crippen LogP contribution in [-0.2, 0) is 4.79 Å². The molecule has 1 aliphatic rings. The largest absolute Gasteiger partial charge is 0.371 e. The lowest BCUT2D eigenvalue weighted by Crippen LogP contribution is -2.38. The van der Waals surface area contributed by atoms with E-state index in [1.807, 2.05) is 12.1 Å². The molecule has 5 nitrogen and oxygen atoms in total. The van der Waals surface area contributed by atoms with Gasteiger partial charge in [-0.2, -0.15) is 0 Å². The van der Waals surface area contributed by atoms with Crippen LogP contribution < -0.4 is 10.2 Å². The first kappa shape index (κ1) is 16.2. The molecule has 1 aromatic heterocycles. The van der Waals surface area contributed by atoms with Gasteiger partial charge in [-0.25, -0.2) is 0 Å². The van der Waals surface area contributed by atoms with E-state index in [2.05, 4.69) is 15.2 Å². The highest BCUT2D eigenvalue weighted by Crippen LogP contribution is 2.24. The van der Waals surface area contributed by atoms with Gasteiger partial charge in [0.1, 0.15) is 0 Å². The molecule has 2 aromatic rings. The van der Waals surface area contributed by atoms with Gasteiger partial charge in [0.2, 0.25) is 5.91 Å². The Balaban J connectivity index is 1.54. The summed E-state index contributed by atoms with van der Waals surface area (Å²) in [5, 5.41) is 2.95. The highest BCUT2D eigenvalue weighted by molar-refractivity contribution is 5.96. The highest BCUT2D eigenvalue weighted by atomic mass is 16.2. The van der Waals surface area contributed by atoms with Gasteiger partial charge < -0.3 is 10.2 Å². The number of pyridine rings is 1. The van der Waals surface area contributed by atoms with Gasteiger partial charge in [0.25, 0.3) is 0 Å². The summed E-state index contributed by atoms with van der Waals surface area (Å²) in [5.74, 6) is 0.104. The van der Waals surface area contributed by atoms with Gasteiger partial charge >= 0.3 is 0 Å². The van der Waals surface area contributed by atoms with Crippen molar-refractivity contribution in [3.05, 3.63) is 54.4 Å². The fourth-order valence-corrected chi connectivity index (χ4v) is 2.99. The number of rotatable bonds is 4. The zero-order chi connectivity index (χ0) is 16.9. The van der Waals surface area contributed by atoms with Crippen LogP contribution in [0.3, 0.4) is 0 Å². The van der Waals surface area contributed by atoms with Crippen molar-refractivity contribution in [3.63, 3.8) is 0 Å². The summed E-state index contributed by atoms with van der Waals surface area (Å²) in [7, 11) is 0. The Labute approximate surface area is 141 Å². The minimum Gasteiger partial charge on any atom is -0.371 e. The lowest BCUT2D eigenvalue weighted by atomic mass is 9.95. The summed E-state index contributed by atoms with van der Waals surface area (Å²) < 4.78 is 0. The Morgan fingerprint density at radius 3 is 2.25 bits per heavy atom. The number of piperidine rings is 1. The number of hydrogen-bond acceptors (Lipinski definition) is 4. The van der Waals surface area contributed by atoms with Crippen molar-refractivity contribution in [3.8, 4) is 0 Å². The van der Waals surface area contributed by atoms with Crippen LogP contribution in [0.15, 0.2) is 48.8 Å². The molecular weight excluding hydrogens is 302 g/mol. The molecule has 1 aromatic carbocycles. The average Bonchev–Trinajstić information content (AvgIpc) is 2.63. The van der Waals surface area contributed by atoms with Crippen molar-refractivity contribution in [2.45, 2.75) is 19.8 Å². The van der Waals surface area contributed by atoms with Gasteiger partial charge in [0, 0.05) is 48.3 Å². The number of benzene rings is 1. The number of anilines is 2. The van der Waals surface area contributed by atoms with E-state index in [1.54, 1.807) is 36.7 Å². The number of aromatic nitrogens is 1. The molecule has 1 aliphatic heterocycles. The van der Waals surface area contributed by atoms with E-state index in [1.165, 1.54) is 6.92 Å². The predicted octanol–water partition coefficient (Wildman–Crippen LogP) is 3.14. The maximum Gasteiger partial charge on any atom is 0.227 e. The van der Waals surface area contributed by atoms with Crippen molar-refractivity contribution in [1.29, 1.82) is 0 Å². The molecular formula is C19H21N3O2. The molecule has 1 amide bonds. The molecule has 1 N–H and O–H groups in total. The molecule has 0 unspecified atom stereocenters. The Morgan fingerprint density at radius 2 is 1.67 bits per heavy atom. The van der Waals surface area contributed by atoms with E-state index < -0.39 is 0 Å². The first-order chi connectivity index (χ1) is 11.6. The van der Waals surface area contributed by atoms with Crippen molar-refractivity contribution in [2.24, 2.45) is 5.92 Å². The number of carbonyl (C=O) groups excluding carboxylic acids is 2. The van der Waals surface area contributed by atoms with Crippen LogP contribution in [0.4, 0.5) is 11.4 Å². The molecule has 0 atom stereocenters. The van der Waals surface area contributed by atoms with Crippen LogP contribution in [0.5, 0.6) is 0 Å². The maximum atomic E-state index is 12.4. The van der Waals surface area contributed by atoms with Crippen LogP contribution in [0.2, 0.25) is 0 Å². The minimum absolute atomic E-state index is 0.0237. The van der Waals surface area contributed by atoms with Crippen molar-refractivity contribution in [2.75, 3.05) is 23.3 Å². The minimum atomic E-state index is 0.0237. The topological polar surface area (TPSA) is 62.3 Å². The molecule has 0 bridgehead atoms. The normalized spacial score (nSPS) is 15.1. The Bertz CT molecular complexity index is 705. The smallest absolute Gasteiger partial charge is 0.227 e. The van der Waals surface area contributed by atoms with Crippen LogP contribution >= 0.6 is 0 Å². The van der Waals surface area contributed by atoms with E-state index in [9.17, 15) is 9.59 Å². The second-order valence-electron chi connectivity index (χ2n) is 6.09. The lowest BCUT2D eigenvalue weighted by Gasteiger charge is -2.32. The zero-order valence-corrected chi connectivity index (χ0v) is 13.7. The molecule has 1 fully saturated rings. The molecule has 5 heteroatoms. The van der Waals surface area contributed by atoms with Crippen molar-refractivity contribution < 1.29 is 9.59 Å². The average molecular weight is 323 g/mol. The summed E-state index contributed by atoms with van der Waals surface area (Å²) in [6.07, 6.45) is 5.25. The summed E-state index contributed by atoms with van der Waals surface area (Å²) in [6.45, 7) is 3.26. The third-order valence-electron chi connectivity index (χ3n) is 4.45. The molecule has 0 radical (unpaired) electrons. The van der Waals surface area contributed by atoms with Gasteiger partial charge in [-0.15, -0.1) is 0 Å². The lowest BCUT2D eigenvalue weighted by molar-refractivity contribution is -0.120. The first-order valence-corrected chi connectivity index (χ1v) is 8.20. The van der Waals surface area contributed by atoms with E-state index in [0.717, 1.165) is 37.3 Å². The van der Waals surface area contributed by atoms with E-state index in [4.69, 9.17) is 0 Å². The standard InChI is InChI=1S/C19H21N3O2/c1-14(23)15-2-4-17(5-3-15)21-19(24)16-8-12-22(13-9-16)18-6-10-20-11-7-18/h2-7,10-11,16H,8-9,12-13H2,1H3,(H,21,24). The van der Waals surface area contributed by atoms with Crippen molar-refractivity contribution in [1.82, 2.24) is 4.98 Å². The summed E-state index contributed by atoms with van der Waals surface area (Å²) in [5.41, 5.74) is 2.55. The molecule has 124 valence electrons. The fraction of sp³-hybridized carbons (Fsp3) is 0.316. The molecule has 0 saturated carbocycles. The van der Waals surface area contributed by atoms with Crippen LogP contribution in [-0.4, -0.2) is 29.8 Å². The first-order valence-electron chi connectivity index (χ1n) is 8.20. The predicted molar refractivity (Wildman–Crippen MR) is 94.3 cm³/mol. The van der Waals surface area contributed by atoms with Crippen LogP contribution in [0.1, 0.15) is 30.1 Å². The number of Topliss-reactive ketones (excluding diaryl/α,β-unsaturated/α-hetero) is 1.